The topological polar surface area (TPSA) is 50.4 Å². The number of morpholine rings is 1. The molecule has 0 radical (unpaired) electrons. The molecule has 94 valence electrons. The first-order valence-electron chi connectivity index (χ1n) is 6.01. The van der Waals surface area contributed by atoms with Crippen molar-refractivity contribution in [1.82, 2.24) is 10.6 Å². The van der Waals surface area contributed by atoms with E-state index in [0.717, 1.165) is 6.54 Å². The smallest absolute Gasteiger partial charge is 0.250 e. The van der Waals surface area contributed by atoms with Crippen LogP contribution in [-0.2, 0) is 9.53 Å². The molecule has 2 N–H and O–H groups in total. The lowest BCUT2D eigenvalue weighted by Gasteiger charge is -2.29. The van der Waals surface area contributed by atoms with E-state index in [4.69, 9.17) is 4.74 Å². The van der Waals surface area contributed by atoms with Gasteiger partial charge in [0.05, 0.1) is 6.61 Å². The molecule has 0 aromatic carbocycles. The minimum absolute atomic E-state index is 0.00306. The molecular formula is C12H24N2O2. The normalized spacial score (nSPS) is 23.9. The maximum Gasteiger partial charge on any atom is 0.250 e. The molecule has 1 heterocycles. The monoisotopic (exact) mass is 228 g/mol. The van der Waals surface area contributed by atoms with Crippen LogP contribution >= 0.6 is 0 Å². The van der Waals surface area contributed by atoms with Crippen molar-refractivity contribution in [3.05, 3.63) is 0 Å². The Kier molecular flexibility index (Phi) is 4.74. The number of carbonyl (C=O) groups is 1. The Hall–Kier alpha value is -0.610. The van der Waals surface area contributed by atoms with Crippen molar-refractivity contribution in [3.8, 4) is 0 Å². The van der Waals surface area contributed by atoms with Gasteiger partial charge in [0.2, 0.25) is 5.91 Å². The average molecular weight is 228 g/mol. The van der Waals surface area contributed by atoms with Crippen molar-refractivity contribution in [2.45, 2.75) is 33.8 Å². The van der Waals surface area contributed by atoms with Crippen molar-refractivity contribution in [2.24, 2.45) is 11.3 Å². The fourth-order valence-corrected chi connectivity index (χ4v) is 1.41. The van der Waals surface area contributed by atoms with E-state index in [0.29, 0.717) is 25.6 Å². The summed E-state index contributed by atoms with van der Waals surface area (Å²) in [5, 5.41) is 6.10. The first-order valence-corrected chi connectivity index (χ1v) is 6.01. The highest BCUT2D eigenvalue weighted by molar-refractivity contribution is 5.81. The second kappa shape index (κ2) is 5.64. The summed E-state index contributed by atoms with van der Waals surface area (Å²) in [5.74, 6) is 0.455. The second-order valence-electron chi connectivity index (χ2n) is 5.58. The van der Waals surface area contributed by atoms with Crippen LogP contribution in [0, 0.1) is 11.3 Å². The summed E-state index contributed by atoms with van der Waals surface area (Å²) in [5.41, 5.74) is 0.221. The maximum atomic E-state index is 11.8. The van der Waals surface area contributed by atoms with Gasteiger partial charge in [-0.05, 0) is 11.3 Å². The van der Waals surface area contributed by atoms with Gasteiger partial charge in [-0.15, -0.1) is 0 Å². The van der Waals surface area contributed by atoms with E-state index >= 15 is 0 Å². The molecule has 0 spiro atoms. The van der Waals surface area contributed by atoms with Gasteiger partial charge in [0.25, 0.3) is 0 Å². The zero-order valence-corrected chi connectivity index (χ0v) is 10.8. The number of amides is 1. The highest BCUT2D eigenvalue weighted by Gasteiger charge is 2.24. The third kappa shape index (κ3) is 4.10. The molecule has 2 unspecified atom stereocenters. The Balaban J connectivity index is 2.29. The molecule has 0 saturated carbocycles. The second-order valence-corrected chi connectivity index (χ2v) is 5.58. The largest absolute Gasteiger partial charge is 0.366 e. The lowest BCUT2D eigenvalue weighted by atomic mass is 9.82. The number of rotatable bonds is 3. The highest BCUT2D eigenvalue weighted by Crippen LogP contribution is 2.24. The molecule has 4 nitrogen and oxygen atoms in total. The van der Waals surface area contributed by atoms with E-state index < -0.39 is 0 Å². The molecule has 1 amide bonds. The first-order chi connectivity index (χ1) is 7.41. The molecule has 16 heavy (non-hydrogen) atoms. The van der Waals surface area contributed by atoms with Crippen molar-refractivity contribution in [1.29, 1.82) is 0 Å². The van der Waals surface area contributed by atoms with E-state index in [9.17, 15) is 4.79 Å². The maximum absolute atomic E-state index is 11.8. The van der Waals surface area contributed by atoms with E-state index in [-0.39, 0.29) is 17.4 Å². The molecule has 1 rings (SSSR count). The zero-order chi connectivity index (χ0) is 12.2. The minimum atomic E-state index is -0.319. The molecule has 1 saturated heterocycles. The predicted molar refractivity (Wildman–Crippen MR) is 64.2 cm³/mol. The average Bonchev–Trinajstić information content (AvgIpc) is 2.25. The molecule has 0 aromatic rings. The van der Waals surface area contributed by atoms with Crippen LogP contribution in [0.2, 0.25) is 0 Å². The Bertz CT molecular complexity index is 230. The van der Waals surface area contributed by atoms with Crippen LogP contribution in [0.15, 0.2) is 0 Å². The number of hydrogen-bond acceptors (Lipinski definition) is 3. The molecular weight excluding hydrogens is 204 g/mol. The predicted octanol–water partition coefficient (Wildman–Crippen LogP) is 0.773. The van der Waals surface area contributed by atoms with Gasteiger partial charge in [-0.25, -0.2) is 0 Å². The first kappa shape index (κ1) is 13.5. The third-order valence-corrected chi connectivity index (χ3v) is 3.28. The van der Waals surface area contributed by atoms with Crippen LogP contribution in [-0.4, -0.2) is 38.3 Å². The standard InChI is InChI=1S/C12H24N2O2/c1-9(12(2,3)4)7-14-11(15)10-8-13-5-6-16-10/h9-10,13H,5-8H2,1-4H3,(H,14,15). The summed E-state index contributed by atoms with van der Waals surface area (Å²) >= 11 is 0. The molecule has 1 aliphatic heterocycles. The minimum Gasteiger partial charge on any atom is -0.366 e. The Labute approximate surface area is 98.1 Å². The van der Waals surface area contributed by atoms with Crippen molar-refractivity contribution >= 4 is 5.91 Å². The van der Waals surface area contributed by atoms with Crippen molar-refractivity contribution < 1.29 is 9.53 Å². The fraction of sp³-hybridized carbons (Fsp3) is 0.917. The van der Waals surface area contributed by atoms with E-state index in [2.05, 4.69) is 38.3 Å². The SMILES string of the molecule is CC(CNC(=O)C1CNCCO1)C(C)(C)C. The van der Waals surface area contributed by atoms with Gasteiger partial charge in [0.15, 0.2) is 0 Å². The number of nitrogens with one attached hydrogen (secondary N) is 2. The summed E-state index contributed by atoms with van der Waals surface area (Å²) in [4.78, 5) is 11.8. The molecule has 0 aliphatic carbocycles. The molecule has 4 heteroatoms. The number of carbonyl (C=O) groups excluding carboxylic acids is 1. The lowest BCUT2D eigenvalue weighted by Crippen LogP contribution is -2.49. The summed E-state index contributed by atoms with van der Waals surface area (Å²) in [6.07, 6.45) is -0.319. The van der Waals surface area contributed by atoms with Gasteiger partial charge in [-0.2, -0.15) is 0 Å². The van der Waals surface area contributed by atoms with Crippen LogP contribution < -0.4 is 10.6 Å². The van der Waals surface area contributed by atoms with Crippen LogP contribution in [0.25, 0.3) is 0 Å². The Morgan fingerprint density at radius 3 is 2.75 bits per heavy atom. The van der Waals surface area contributed by atoms with E-state index in [1.54, 1.807) is 0 Å². The van der Waals surface area contributed by atoms with Crippen LogP contribution in [0.1, 0.15) is 27.7 Å². The van der Waals surface area contributed by atoms with Gasteiger partial charge in [0, 0.05) is 19.6 Å². The molecule has 0 bridgehead atoms. The lowest BCUT2D eigenvalue weighted by molar-refractivity contribution is -0.134. The Morgan fingerprint density at radius 1 is 1.56 bits per heavy atom. The summed E-state index contributed by atoms with van der Waals surface area (Å²) in [6, 6.07) is 0. The van der Waals surface area contributed by atoms with Gasteiger partial charge in [-0.1, -0.05) is 27.7 Å². The number of hydrogen-bond donors (Lipinski definition) is 2. The number of ether oxygens (including phenoxy) is 1. The van der Waals surface area contributed by atoms with Crippen molar-refractivity contribution in [2.75, 3.05) is 26.2 Å². The van der Waals surface area contributed by atoms with E-state index in [1.165, 1.54) is 0 Å². The van der Waals surface area contributed by atoms with Gasteiger partial charge in [0.1, 0.15) is 6.10 Å². The van der Waals surface area contributed by atoms with Gasteiger partial charge >= 0.3 is 0 Å². The van der Waals surface area contributed by atoms with Crippen LogP contribution in [0.5, 0.6) is 0 Å². The highest BCUT2D eigenvalue weighted by atomic mass is 16.5. The summed E-state index contributed by atoms with van der Waals surface area (Å²) in [7, 11) is 0. The summed E-state index contributed by atoms with van der Waals surface area (Å²) in [6.45, 7) is 11.5. The molecule has 1 aliphatic rings. The van der Waals surface area contributed by atoms with E-state index in [1.807, 2.05) is 0 Å². The van der Waals surface area contributed by atoms with Crippen molar-refractivity contribution in [3.63, 3.8) is 0 Å². The quantitative estimate of drug-likeness (QED) is 0.750. The third-order valence-electron chi connectivity index (χ3n) is 3.28. The van der Waals surface area contributed by atoms with Crippen LogP contribution in [0.3, 0.4) is 0 Å². The molecule has 1 fully saturated rings. The van der Waals surface area contributed by atoms with Gasteiger partial charge in [-0.3, -0.25) is 4.79 Å². The Morgan fingerprint density at radius 2 is 2.25 bits per heavy atom. The van der Waals surface area contributed by atoms with Crippen LogP contribution in [0.4, 0.5) is 0 Å². The summed E-state index contributed by atoms with van der Waals surface area (Å²) < 4.78 is 5.38. The zero-order valence-electron chi connectivity index (χ0n) is 10.8. The fourth-order valence-electron chi connectivity index (χ4n) is 1.41. The molecule has 2 atom stereocenters. The van der Waals surface area contributed by atoms with Gasteiger partial charge < -0.3 is 15.4 Å². The molecule has 0 aromatic heterocycles.